The molecule has 4 aliphatic heterocycles. The van der Waals surface area contributed by atoms with Crippen LogP contribution in [0.2, 0.25) is 0 Å². The van der Waals surface area contributed by atoms with Crippen LogP contribution in [0.4, 0.5) is 33.5 Å². The molecule has 2 N–H and O–H groups in total. The first-order valence-corrected chi connectivity index (χ1v) is 17.5. The molecule has 53 heavy (non-hydrogen) atoms. The van der Waals surface area contributed by atoms with E-state index in [9.17, 15) is 32.0 Å². The third-order valence-corrected chi connectivity index (χ3v) is 10.8. The number of anilines is 2. The summed E-state index contributed by atoms with van der Waals surface area (Å²) in [5, 5.41) is 14.2. The largest absolute Gasteiger partial charge is 0.461 e. The van der Waals surface area contributed by atoms with Crippen LogP contribution in [-0.2, 0) is 37.0 Å². The highest BCUT2D eigenvalue weighted by atomic mass is 19.4. The molecule has 1 aromatic carbocycles. The number of ether oxygens (including phenoxy) is 2. The van der Waals surface area contributed by atoms with E-state index in [1.807, 2.05) is 16.5 Å². The molecule has 2 aromatic heterocycles. The minimum Gasteiger partial charge on any atom is -0.461 e. The van der Waals surface area contributed by atoms with Crippen molar-refractivity contribution in [1.29, 1.82) is 5.26 Å². The second-order valence-corrected chi connectivity index (χ2v) is 14.5. The molecule has 2 fully saturated rings. The van der Waals surface area contributed by atoms with Gasteiger partial charge in [-0.25, -0.2) is 0 Å². The minimum absolute atomic E-state index is 0.00672. The van der Waals surface area contributed by atoms with E-state index in [-0.39, 0.29) is 48.7 Å². The summed E-state index contributed by atoms with van der Waals surface area (Å²) in [7, 11) is 3.32. The average molecular weight is 742 g/mol. The summed E-state index contributed by atoms with van der Waals surface area (Å²) in [5.41, 5.74) is 6.40. The Hall–Kier alpha value is -4.82. The van der Waals surface area contributed by atoms with Gasteiger partial charge in [0.1, 0.15) is 12.4 Å². The zero-order valence-corrected chi connectivity index (χ0v) is 29.6. The number of rotatable bonds is 7. The molecule has 0 radical (unpaired) electrons. The number of nitrogen functional groups attached to an aromatic ring is 1. The fraction of sp³-hybridized carbons (Fsp3) is 0.528. The summed E-state index contributed by atoms with van der Waals surface area (Å²) in [6.07, 6.45) is -4.03. The molecule has 4 aliphatic rings. The van der Waals surface area contributed by atoms with Crippen molar-refractivity contribution >= 4 is 17.4 Å². The van der Waals surface area contributed by atoms with Crippen LogP contribution in [0, 0.1) is 24.2 Å². The van der Waals surface area contributed by atoms with Crippen molar-refractivity contribution < 1.29 is 36.2 Å². The lowest BCUT2D eigenvalue weighted by molar-refractivity contribution is -0.140. The maximum absolute atomic E-state index is 14.4. The number of aromatic nitrogens is 4. The van der Waals surface area contributed by atoms with Crippen LogP contribution in [-0.4, -0.2) is 81.3 Å². The van der Waals surface area contributed by atoms with Crippen LogP contribution in [0.5, 0.6) is 6.01 Å². The summed E-state index contributed by atoms with van der Waals surface area (Å²) in [4.78, 5) is 28.2. The topological polar surface area (TPSA) is 139 Å². The Labute approximate surface area is 303 Å². The summed E-state index contributed by atoms with van der Waals surface area (Å²) in [5.74, 6) is -0.0646. The highest BCUT2D eigenvalue weighted by molar-refractivity contribution is 5.93. The van der Waals surface area contributed by atoms with Gasteiger partial charge in [0.2, 0.25) is 0 Å². The van der Waals surface area contributed by atoms with Gasteiger partial charge in [-0.2, -0.15) is 42.3 Å². The predicted octanol–water partition coefficient (Wildman–Crippen LogP) is 5.39. The number of amides is 1. The van der Waals surface area contributed by atoms with Crippen molar-refractivity contribution in [2.24, 2.45) is 5.92 Å². The fourth-order valence-electron chi connectivity index (χ4n) is 8.40. The third-order valence-electron chi connectivity index (χ3n) is 10.8. The molecule has 6 heterocycles. The molecule has 0 unspecified atom stereocenters. The van der Waals surface area contributed by atoms with Gasteiger partial charge in [0, 0.05) is 57.0 Å². The summed E-state index contributed by atoms with van der Waals surface area (Å²) >= 11 is 0. The quantitative estimate of drug-likeness (QED) is 0.248. The maximum Gasteiger partial charge on any atom is 0.418 e. The van der Waals surface area contributed by atoms with Gasteiger partial charge in [-0.3, -0.25) is 14.4 Å². The van der Waals surface area contributed by atoms with E-state index in [0.29, 0.717) is 61.8 Å². The number of alkyl halides is 3. The number of benzene rings is 1. The third kappa shape index (κ3) is 6.90. The first kappa shape index (κ1) is 36.5. The van der Waals surface area contributed by atoms with E-state index >= 15 is 0 Å². The Balaban J connectivity index is 1.27. The number of nitrogens with zero attached hydrogens (tertiary/aromatic N) is 8. The van der Waals surface area contributed by atoms with Crippen molar-refractivity contribution in [3.63, 3.8) is 0 Å². The van der Waals surface area contributed by atoms with Crippen molar-refractivity contribution in [2.45, 2.75) is 76.5 Å². The van der Waals surface area contributed by atoms with Gasteiger partial charge in [-0.1, -0.05) is 0 Å². The van der Waals surface area contributed by atoms with Gasteiger partial charge in [-0.05, 0) is 68.8 Å². The SMILES string of the molecule is Cc1c(C(=O)N(C)C)nn2c1CN(c1nc(OC[C@]34CCCN3C[C@@H](C=C(F)F)C4)nc3c1CO[C@H](c1cc(N)cc(C#N)c1C(F)(F)F)C3)CCC2. The summed E-state index contributed by atoms with van der Waals surface area (Å²) in [6, 6.07) is 3.81. The van der Waals surface area contributed by atoms with E-state index in [4.69, 9.17) is 25.2 Å². The summed E-state index contributed by atoms with van der Waals surface area (Å²) in [6.45, 7) is 4.50. The fourth-order valence-corrected chi connectivity index (χ4v) is 8.40. The Morgan fingerprint density at radius 1 is 1.21 bits per heavy atom. The Kier molecular flexibility index (Phi) is 9.56. The zero-order valence-electron chi connectivity index (χ0n) is 29.6. The monoisotopic (exact) mass is 741 g/mol. The van der Waals surface area contributed by atoms with Crippen molar-refractivity contribution in [3.05, 3.63) is 69.2 Å². The molecule has 1 amide bonds. The molecular formula is C36H40F5N9O3. The van der Waals surface area contributed by atoms with Gasteiger partial charge in [0.05, 0.1) is 53.4 Å². The maximum atomic E-state index is 14.4. The van der Waals surface area contributed by atoms with Crippen LogP contribution in [0.1, 0.15) is 81.5 Å². The van der Waals surface area contributed by atoms with Gasteiger partial charge in [0.25, 0.3) is 12.0 Å². The second kappa shape index (κ2) is 13.9. The van der Waals surface area contributed by atoms with Crippen molar-refractivity contribution in [1.82, 2.24) is 29.5 Å². The smallest absolute Gasteiger partial charge is 0.418 e. The Bertz CT molecular complexity index is 2000. The van der Waals surface area contributed by atoms with Gasteiger partial charge in [0.15, 0.2) is 5.69 Å². The number of fused-ring (bicyclic) bond motifs is 3. The number of hydrogen-bond donors (Lipinski definition) is 1. The molecule has 12 nitrogen and oxygen atoms in total. The highest BCUT2D eigenvalue weighted by Gasteiger charge is 2.49. The van der Waals surface area contributed by atoms with Gasteiger partial charge < -0.3 is 25.0 Å². The van der Waals surface area contributed by atoms with Crippen LogP contribution in [0.3, 0.4) is 0 Å². The van der Waals surface area contributed by atoms with E-state index in [2.05, 4.69) is 10.00 Å². The normalized spacial score (nSPS) is 22.7. The van der Waals surface area contributed by atoms with Gasteiger partial charge in [-0.15, -0.1) is 0 Å². The molecule has 17 heteroatoms. The molecule has 0 spiro atoms. The molecule has 282 valence electrons. The Morgan fingerprint density at radius 2 is 2.00 bits per heavy atom. The van der Waals surface area contributed by atoms with Crippen LogP contribution < -0.4 is 15.4 Å². The molecule has 7 rings (SSSR count). The van der Waals surface area contributed by atoms with Crippen molar-refractivity contribution in [2.75, 3.05) is 51.0 Å². The molecule has 0 aliphatic carbocycles. The van der Waals surface area contributed by atoms with E-state index in [0.717, 1.165) is 42.8 Å². The first-order chi connectivity index (χ1) is 25.2. The molecular weight excluding hydrogens is 701 g/mol. The number of hydrogen-bond acceptors (Lipinski definition) is 10. The molecule has 0 bridgehead atoms. The van der Waals surface area contributed by atoms with E-state index in [1.165, 1.54) is 11.0 Å². The second-order valence-electron chi connectivity index (χ2n) is 14.5. The van der Waals surface area contributed by atoms with Crippen LogP contribution in [0.25, 0.3) is 0 Å². The van der Waals surface area contributed by atoms with Crippen LogP contribution in [0.15, 0.2) is 24.3 Å². The molecule has 3 aromatic rings. The average Bonchev–Trinajstić information content (AvgIpc) is 3.68. The summed E-state index contributed by atoms with van der Waals surface area (Å²) < 4.78 is 84.0. The number of aryl methyl sites for hydroxylation is 1. The highest BCUT2D eigenvalue weighted by Crippen LogP contribution is 2.45. The number of carbonyl (C=O) groups is 1. The van der Waals surface area contributed by atoms with Gasteiger partial charge >= 0.3 is 12.2 Å². The lowest BCUT2D eigenvalue weighted by Gasteiger charge is -2.33. The standard InChI is InChI=1S/C36H40F5N9O3/c1-20-27-17-48(7-5-9-50(27)46-31(20)33(51)47(2)3)32-25-18-52-28(24-12-23(43)11-22(15-42)30(24)36(39,40)41)13-26(25)44-34(45-32)53-19-35-6-4-8-49(35)16-21(14-35)10-29(37)38/h10-12,21,28H,4-9,13-14,16-19,43H2,1-3H3/t21-,28-,35+/m0/s1. The Morgan fingerprint density at radius 3 is 2.72 bits per heavy atom. The van der Waals surface area contributed by atoms with Crippen molar-refractivity contribution in [3.8, 4) is 12.1 Å². The number of carbonyl (C=O) groups excluding carboxylic acids is 1. The lowest BCUT2D eigenvalue weighted by atomic mass is 9.91. The zero-order chi connectivity index (χ0) is 37.8. The number of nitriles is 1. The molecule has 0 saturated carbocycles. The lowest BCUT2D eigenvalue weighted by Crippen LogP contribution is -2.43. The number of halogens is 5. The predicted molar refractivity (Wildman–Crippen MR) is 182 cm³/mol. The minimum atomic E-state index is -4.85. The molecule has 3 atom stereocenters. The molecule has 2 saturated heterocycles. The van der Waals surface area contributed by atoms with E-state index < -0.39 is 35.0 Å². The van der Waals surface area contributed by atoms with Crippen LogP contribution >= 0.6 is 0 Å². The first-order valence-electron chi connectivity index (χ1n) is 17.5. The number of nitrogens with two attached hydrogens (primary N) is 1. The van der Waals surface area contributed by atoms with E-state index in [1.54, 1.807) is 20.2 Å².